The summed E-state index contributed by atoms with van der Waals surface area (Å²) in [6.07, 6.45) is 0.900. The number of H-pyrrole nitrogens is 1. The molecule has 0 radical (unpaired) electrons. The van der Waals surface area contributed by atoms with E-state index in [1.807, 2.05) is 24.1 Å². The highest BCUT2D eigenvalue weighted by atomic mass is 35.5. The van der Waals surface area contributed by atoms with Gasteiger partial charge in [0.1, 0.15) is 17.8 Å². The number of nitrogens with one attached hydrogen (secondary N) is 3. The van der Waals surface area contributed by atoms with Crippen molar-refractivity contribution in [2.45, 2.75) is 24.9 Å². The van der Waals surface area contributed by atoms with Crippen molar-refractivity contribution < 1.29 is 14.4 Å². The van der Waals surface area contributed by atoms with E-state index in [2.05, 4.69) is 21.7 Å². The summed E-state index contributed by atoms with van der Waals surface area (Å²) in [5, 5.41) is 16.3. The number of hydrogen-bond acceptors (Lipinski definition) is 5. The fourth-order valence-electron chi connectivity index (χ4n) is 4.34. The van der Waals surface area contributed by atoms with Gasteiger partial charge in [0, 0.05) is 37.5 Å². The lowest BCUT2D eigenvalue weighted by Gasteiger charge is -2.39. The van der Waals surface area contributed by atoms with Gasteiger partial charge in [-0.3, -0.25) is 14.4 Å². The largest absolute Gasteiger partial charge is 0.356 e. The highest BCUT2D eigenvalue weighted by Gasteiger charge is 2.37. The molecule has 32 heavy (non-hydrogen) atoms. The summed E-state index contributed by atoms with van der Waals surface area (Å²) in [7, 11) is 1.88. The van der Waals surface area contributed by atoms with Gasteiger partial charge in [-0.2, -0.15) is 5.26 Å². The number of nitriles is 1. The van der Waals surface area contributed by atoms with Crippen LogP contribution < -0.4 is 10.6 Å². The zero-order valence-electron chi connectivity index (χ0n) is 17.7. The maximum Gasteiger partial charge on any atom is 0.271 e. The minimum Gasteiger partial charge on any atom is -0.356 e. The number of aromatic nitrogens is 1. The highest BCUT2D eigenvalue weighted by Crippen LogP contribution is 2.25. The van der Waals surface area contributed by atoms with Crippen molar-refractivity contribution in [2.75, 3.05) is 33.2 Å². The van der Waals surface area contributed by atoms with Gasteiger partial charge in [0.25, 0.3) is 5.91 Å². The van der Waals surface area contributed by atoms with Gasteiger partial charge in [-0.15, -0.1) is 0 Å². The molecule has 0 saturated carbocycles. The molecule has 2 fully saturated rings. The van der Waals surface area contributed by atoms with E-state index < -0.39 is 18.0 Å². The van der Waals surface area contributed by atoms with Crippen molar-refractivity contribution in [2.24, 2.45) is 5.92 Å². The SMILES string of the molecule is CN1CCN(C(=O)c2cc3cccc(Cl)c3[nH]2)C(C(=O)N[C@H](C#N)C[C@@H]2CCNC2=O)C1. The van der Waals surface area contributed by atoms with Gasteiger partial charge >= 0.3 is 0 Å². The first-order chi connectivity index (χ1) is 15.4. The first-order valence-corrected chi connectivity index (χ1v) is 11.0. The summed E-state index contributed by atoms with van der Waals surface area (Å²) in [4.78, 5) is 44.9. The number of benzene rings is 1. The van der Waals surface area contributed by atoms with Crippen molar-refractivity contribution in [1.29, 1.82) is 5.26 Å². The van der Waals surface area contributed by atoms with Crippen LogP contribution in [0.5, 0.6) is 0 Å². The Labute approximate surface area is 190 Å². The summed E-state index contributed by atoms with van der Waals surface area (Å²) in [5.41, 5.74) is 1.03. The van der Waals surface area contributed by atoms with Gasteiger partial charge in [0.05, 0.1) is 16.6 Å². The van der Waals surface area contributed by atoms with Crippen molar-refractivity contribution in [3.8, 4) is 6.07 Å². The van der Waals surface area contributed by atoms with E-state index in [0.717, 1.165) is 5.39 Å². The van der Waals surface area contributed by atoms with Crippen LogP contribution in [0.2, 0.25) is 5.02 Å². The number of piperazine rings is 1. The van der Waals surface area contributed by atoms with Crippen LogP contribution in [-0.4, -0.2) is 77.8 Å². The summed E-state index contributed by atoms with van der Waals surface area (Å²) >= 11 is 6.23. The molecule has 2 aliphatic rings. The first-order valence-electron chi connectivity index (χ1n) is 10.6. The van der Waals surface area contributed by atoms with Crippen molar-refractivity contribution >= 4 is 40.2 Å². The smallest absolute Gasteiger partial charge is 0.271 e. The van der Waals surface area contributed by atoms with Gasteiger partial charge in [0.15, 0.2) is 0 Å². The number of hydrogen-bond donors (Lipinski definition) is 3. The summed E-state index contributed by atoms with van der Waals surface area (Å²) < 4.78 is 0. The van der Waals surface area contributed by atoms with Crippen molar-refractivity contribution in [1.82, 2.24) is 25.4 Å². The number of nitrogens with zero attached hydrogens (tertiary/aromatic N) is 3. The Hall–Kier alpha value is -3.09. The van der Waals surface area contributed by atoms with E-state index >= 15 is 0 Å². The Morgan fingerprint density at radius 2 is 2.19 bits per heavy atom. The lowest BCUT2D eigenvalue weighted by atomic mass is 9.98. The van der Waals surface area contributed by atoms with Gasteiger partial charge in [-0.25, -0.2) is 0 Å². The van der Waals surface area contributed by atoms with Gasteiger partial charge in [-0.1, -0.05) is 23.7 Å². The molecule has 1 unspecified atom stereocenters. The predicted octanol–water partition coefficient (Wildman–Crippen LogP) is 1.11. The Morgan fingerprint density at radius 3 is 2.88 bits per heavy atom. The van der Waals surface area contributed by atoms with Crippen LogP contribution in [0.3, 0.4) is 0 Å². The van der Waals surface area contributed by atoms with Crippen molar-refractivity contribution in [3.63, 3.8) is 0 Å². The van der Waals surface area contributed by atoms with E-state index in [1.54, 1.807) is 12.1 Å². The molecular weight excluding hydrogens is 432 g/mol. The third-order valence-electron chi connectivity index (χ3n) is 6.14. The molecule has 3 amide bonds. The van der Waals surface area contributed by atoms with Crippen LogP contribution in [0.25, 0.3) is 10.9 Å². The second kappa shape index (κ2) is 9.18. The molecule has 3 atom stereocenters. The lowest BCUT2D eigenvalue weighted by molar-refractivity contribution is -0.128. The van der Waals surface area contributed by atoms with Crippen molar-refractivity contribution in [3.05, 3.63) is 35.0 Å². The quantitative estimate of drug-likeness (QED) is 0.622. The Kier molecular flexibility index (Phi) is 6.35. The standard InChI is InChI=1S/C22H25ClN6O3/c1-28-7-8-29(22(32)17-10-13-3-2-4-16(23)19(13)27-17)18(12-28)21(31)26-15(11-24)9-14-5-6-25-20(14)30/h2-4,10,14-15,18,27H,5-9,12H2,1H3,(H,25,30)(H,26,31)/t14-,15-,18?/m0/s1. The molecule has 1 aromatic heterocycles. The second-order valence-electron chi connectivity index (χ2n) is 8.37. The Morgan fingerprint density at radius 1 is 1.38 bits per heavy atom. The minimum absolute atomic E-state index is 0.0915. The third kappa shape index (κ3) is 4.42. The zero-order valence-corrected chi connectivity index (χ0v) is 18.5. The summed E-state index contributed by atoms with van der Waals surface area (Å²) in [6.45, 7) is 1.93. The number of carbonyl (C=O) groups excluding carboxylic acids is 3. The Balaban J connectivity index is 1.51. The monoisotopic (exact) mass is 456 g/mol. The fraction of sp³-hybridized carbons (Fsp3) is 0.455. The average Bonchev–Trinajstić information content (AvgIpc) is 3.39. The first kappa shape index (κ1) is 22.1. The zero-order chi connectivity index (χ0) is 22.8. The number of likely N-dealkylation sites (N-methyl/N-ethyl adjacent to an activating group) is 1. The normalized spacial score (nSPS) is 22.4. The molecule has 0 spiro atoms. The molecule has 4 rings (SSSR count). The summed E-state index contributed by atoms with van der Waals surface area (Å²) in [5.74, 6) is -1.08. The molecule has 0 aliphatic carbocycles. The van der Waals surface area contributed by atoms with Gasteiger partial charge in [-0.05, 0) is 32.0 Å². The maximum absolute atomic E-state index is 13.3. The number of aromatic amines is 1. The predicted molar refractivity (Wildman–Crippen MR) is 119 cm³/mol. The highest BCUT2D eigenvalue weighted by molar-refractivity contribution is 6.35. The molecule has 10 heteroatoms. The number of amides is 3. The van der Waals surface area contributed by atoms with Gasteiger partial charge < -0.3 is 25.4 Å². The van der Waals surface area contributed by atoms with Crippen LogP contribution in [0, 0.1) is 17.2 Å². The maximum atomic E-state index is 13.3. The molecule has 1 aromatic carbocycles. The molecule has 3 heterocycles. The summed E-state index contributed by atoms with van der Waals surface area (Å²) in [6, 6.07) is 7.67. The Bertz CT molecular complexity index is 1090. The molecule has 0 bridgehead atoms. The van der Waals surface area contributed by atoms with E-state index in [-0.39, 0.29) is 24.2 Å². The van der Waals surface area contributed by atoms with Crippen LogP contribution in [0.1, 0.15) is 23.3 Å². The second-order valence-corrected chi connectivity index (χ2v) is 8.77. The molecule has 3 N–H and O–H groups in total. The molecular formula is C22H25ClN6O3. The van der Waals surface area contributed by atoms with E-state index in [9.17, 15) is 19.6 Å². The van der Waals surface area contributed by atoms with Crippen LogP contribution in [-0.2, 0) is 9.59 Å². The fourth-order valence-corrected chi connectivity index (χ4v) is 4.57. The molecule has 2 aliphatic heterocycles. The van der Waals surface area contributed by atoms with Crippen LogP contribution in [0.4, 0.5) is 0 Å². The molecule has 168 valence electrons. The average molecular weight is 457 g/mol. The number of halogens is 1. The molecule has 2 saturated heterocycles. The number of fused-ring (bicyclic) bond motifs is 1. The van der Waals surface area contributed by atoms with E-state index in [0.29, 0.717) is 48.8 Å². The van der Waals surface area contributed by atoms with Crippen LogP contribution >= 0.6 is 11.6 Å². The van der Waals surface area contributed by atoms with E-state index in [4.69, 9.17) is 11.6 Å². The minimum atomic E-state index is -0.799. The topological polar surface area (TPSA) is 121 Å². The van der Waals surface area contributed by atoms with E-state index in [1.165, 1.54) is 4.90 Å². The molecule has 2 aromatic rings. The number of para-hydroxylation sites is 1. The lowest BCUT2D eigenvalue weighted by Crippen LogP contribution is -2.60. The molecule has 9 nitrogen and oxygen atoms in total. The van der Waals surface area contributed by atoms with Crippen LogP contribution in [0.15, 0.2) is 24.3 Å². The number of rotatable bonds is 5. The third-order valence-corrected chi connectivity index (χ3v) is 6.45. The van der Waals surface area contributed by atoms with Gasteiger partial charge in [0.2, 0.25) is 11.8 Å². The number of carbonyl (C=O) groups is 3.